The van der Waals surface area contributed by atoms with E-state index < -0.39 is 11.6 Å². The maximum absolute atomic E-state index is 11.6. The molecule has 0 amide bonds. The van der Waals surface area contributed by atoms with E-state index in [2.05, 4.69) is 9.97 Å². The van der Waals surface area contributed by atoms with Crippen LogP contribution in [0.25, 0.3) is 16.9 Å². The largest absolute Gasteiger partial charge is 0.480 e. The minimum absolute atomic E-state index is 0.140. The first-order chi connectivity index (χ1) is 11.4. The lowest BCUT2D eigenvalue weighted by atomic mass is 10.2. The van der Waals surface area contributed by atoms with Crippen molar-refractivity contribution < 1.29 is 14.3 Å². The first-order valence-electron chi connectivity index (χ1n) is 7.64. The van der Waals surface area contributed by atoms with Crippen LogP contribution in [0.15, 0.2) is 49.1 Å². The molecule has 0 N–H and O–H groups in total. The molecule has 0 spiro atoms. The third kappa shape index (κ3) is 3.90. The molecule has 0 bridgehead atoms. The second kappa shape index (κ2) is 6.31. The van der Waals surface area contributed by atoms with E-state index >= 15 is 0 Å². The SMILES string of the molecule is CC(C)(C)OC(=O)COc1ccc(-c2ccc3nccn3c2)nc1. The zero-order chi connectivity index (χ0) is 17.2. The van der Waals surface area contributed by atoms with Crippen molar-refractivity contribution in [3.05, 3.63) is 49.1 Å². The molecule has 6 heteroatoms. The Morgan fingerprint density at radius 1 is 1.17 bits per heavy atom. The molecule has 3 rings (SSSR count). The van der Waals surface area contributed by atoms with Crippen LogP contribution in [0.3, 0.4) is 0 Å². The normalized spacial score (nSPS) is 11.5. The van der Waals surface area contributed by atoms with Gasteiger partial charge in [0.2, 0.25) is 0 Å². The van der Waals surface area contributed by atoms with E-state index in [1.165, 1.54) is 0 Å². The van der Waals surface area contributed by atoms with Crippen molar-refractivity contribution in [1.82, 2.24) is 14.4 Å². The molecule has 0 aliphatic carbocycles. The summed E-state index contributed by atoms with van der Waals surface area (Å²) in [6, 6.07) is 7.53. The molecule has 124 valence electrons. The molecule has 0 aromatic carbocycles. The summed E-state index contributed by atoms with van der Waals surface area (Å²) in [7, 11) is 0. The van der Waals surface area contributed by atoms with Gasteiger partial charge in [-0.3, -0.25) is 4.98 Å². The van der Waals surface area contributed by atoms with Crippen molar-refractivity contribution in [2.24, 2.45) is 0 Å². The molecule has 0 atom stereocenters. The van der Waals surface area contributed by atoms with E-state index in [1.54, 1.807) is 18.5 Å². The molecule has 0 aliphatic heterocycles. The van der Waals surface area contributed by atoms with Gasteiger partial charge in [0.05, 0.1) is 11.9 Å². The standard InChI is InChI=1S/C18H19N3O3/c1-18(2,3)24-17(22)12-23-14-5-6-15(20-10-14)13-4-7-16-19-8-9-21(16)11-13/h4-11H,12H2,1-3H3. The third-order valence-electron chi connectivity index (χ3n) is 3.20. The summed E-state index contributed by atoms with van der Waals surface area (Å²) < 4.78 is 12.5. The monoisotopic (exact) mass is 325 g/mol. The molecule has 3 aromatic heterocycles. The Morgan fingerprint density at radius 3 is 2.71 bits per heavy atom. The van der Waals surface area contributed by atoms with E-state index in [1.807, 2.05) is 55.8 Å². The van der Waals surface area contributed by atoms with E-state index in [9.17, 15) is 4.79 Å². The summed E-state index contributed by atoms with van der Waals surface area (Å²) in [5.74, 6) is 0.116. The fraction of sp³-hybridized carbons (Fsp3) is 0.278. The van der Waals surface area contributed by atoms with Gasteiger partial charge >= 0.3 is 5.97 Å². The second-order valence-electron chi connectivity index (χ2n) is 6.36. The van der Waals surface area contributed by atoms with Gasteiger partial charge in [-0.05, 0) is 45.0 Å². The number of aromatic nitrogens is 3. The van der Waals surface area contributed by atoms with Gasteiger partial charge in [-0.15, -0.1) is 0 Å². The first kappa shape index (κ1) is 16.0. The van der Waals surface area contributed by atoms with Crippen LogP contribution in [0.2, 0.25) is 0 Å². The number of imidazole rings is 1. The Labute approximate surface area is 140 Å². The number of pyridine rings is 2. The molecule has 0 fully saturated rings. The fourth-order valence-electron chi connectivity index (χ4n) is 2.22. The van der Waals surface area contributed by atoms with Gasteiger partial charge in [0.15, 0.2) is 6.61 Å². The molecule has 3 heterocycles. The van der Waals surface area contributed by atoms with Crippen LogP contribution in [0, 0.1) is 0 Å². The van der Waals surface area contributed by atoms with Crippen molar-refractivity contribution >= 4 is 11.6 Å². The molecule has 0 aliphatic rings. The van der Waals surface area contributed by atoms with E-state index in [0.717, 1.165) is 16.9 Å². The number of esters is 1. The lowest BCUT2D eigenvalue weighted by molar-refractivity contribution is -0.157. The Morgan fingerprint density at radius 2 is 2.00 bits per heavy atom. The number of rotatable bonds is 4. The van der Waals surface area contributed by atoms with Crippen molar-refractivity contribution in [3.63, 3.8) is 0 Å². The Balaban J connectivity index is 1.66. The minimum Gasteiger partial charge on any atom is -0.480 e. The second-order valence-corrected chi connectivity index (χ2v) is 6.36. The predicted octanol–water partition coefficient (Wildman–Crippen LogP) is 3.12. The molecule has 6 nitrogen and oxygen atoms in total. The van der Waals surface area contributed by atoms with Gasteiger partial charge in [-0.2, -0.15) is 0 Å². The highest BCUT2D eigenvalue weighted by atomic mass is 16.6. The first-order valence-corrected chi connectivity index (χ1v) is 7.64. The maximum Gasteiger partial charge on any atom is 0.344 e. The van der Waals surface area contributed by atoms with Gasteiger partial charge in [0.1, 0.15) is 17.0 Å². The third-order valence-corrected chi connectivity index (χ3v) is 3.20. The summed E-state index contributed by atoms with van der Waals surface area (Å²) in [5, 5.41) is 0. The molecular formula is C18H19N3O3. The van der Waals surface area contributed by atoms with Crippen LogP contribution in [0.5, 0.6) is 5.75 Å². The van der Waals surface area contributed by atoms with Crippen molar-refractivity contribution in [2.45, 2.75) is 26.4 Å². The summed E-state index contributed by atoms with van der Waals surface area (Å²) >= 11 is 0. The number of hydrogen-bond acceptors (Lipinski definition) is 5. The van der Waals surface area contributed by atoms with Gasteiger partial charge in [-0.1, -0.05) is 0 Å². The van der Waals surface area contributed by atoms with Gasteiger partial charge in [0.25, 0.3) is 0 Å². The average Bonchev–Trinajstić information content (AvgIpc) is 2.99. The van der Waals surface area contributed by atoms with Crippen LogP contribution in [0.4, 0.5) is 0 Å². The number of fused-ring (bicyclic) bond motifs is 1. The number of carbonyl (C=O) groups excluding carboxylic acids is 1. The lowest BCUT2D eigenvalue weighted by Crippen LogP contribution is -2.27. The fourth-order valence-corrected chi connectivity index (χ4v) is 2.22. The Hall–Kier alpha value is -2.89. The molecule has 0 saturated carbocycles. The summed E-state index contributed by atoms with van der Waals surface area (Å²) in [5.41, 5.74) is 2.15. The van der Waals surface area contributed by atoms with Crippen molar-refractivity contribution in [2.75, 3.05) is 6.61 Å². The highest BCUT2D eigenvalue weighted by Gasteiger charge is 2.16. The highest BCUT2D eigenvalue weighted by Crippen LogP contribution is 2.20. The van der Waals surface area contributed by atoms with Crippen LogP contribution in [-0.2, 0) is 9.53 Å². The molecule has 0 saturated heterocycles. The summed E-state index contributed by atoms with van der Waals surface area (Å²) in [6.45, 7) is 5.31. The van der Waals surface area contributed by atoms with Crippen LogP contribution < -0.4 is 4.74 Å². The van der Waals surface area contributed by atoms with Gasteiger partial charge in [-0.25, -0.2) is 9.78 Å². The van der Waals surface area contributed by atoms with Crippen molar-refractivity contribution in [1.29, 1.82) is 0 Å². The number of hydrogen-bond donors (Lipinski definition) is 0. The quantitative estimate of drug-likeness (QED) is 0.690. The average molecular weight is 325 g/mol. The summed E-state index contributed by atoms with van der Waals surface area (Å²) in [6.07, 6.45) is 7.20. The van der Waals surface area contributed by atoms with E-state index in [4.69, 9.17) is 9.47 Å². The molecule has 24 heavy (non-hydrogen) atoms. The van der Waals surface area contributed by atoms with Crippen LogP contribution in [0.1, 0.15) is 20.8 Å². The zero-order valence-electron chi connectivity index (χ0n) is 13.9. The number of ether oxygens (including phenoxy) is 2. The molecular weight excluding hydrogens is 306 g/mol. The molecule has 0 unspecified atom stereocenters. The minimum atomic E-state index is -0.519. The van der Waals surface area contributed by atoms with E-state index in [0.29, 0.717) is 5.75 Å². The Kier molecular flexibility index (Phi) is 4.20. The predicted molar refractivity (Wildman–Crippen MR) is 89.8 cm³/mol. The number of nitrogens with zero attached hydrogens (tertiary/aromatic N) is 3. The van der Waals surface area contributed by atoms with Crippen LogP contribution in [-0.4, -0.2) is 32.5 Å². The highest BCUT2D eigenvalue weighted by molar-refractivity contribution is 5.71. The van der Waals surface area contributed by atoms with Crippen molar-refractivity contribution in [3.8, 4) is 17.0 Å². The topological polar surface area (TPSA) is 65.7 Å². The lowest BCUT2D eigenvalue weighted by Gasteiger charge is -2.19. The summed E-state index contributed by atoms with van der Waals surface area (Å²) in [4.78, 5) is 20.2. The molecule has 0 radical (unpaired) electrons. The molecule has 3 aromatic rings. The van der Waals surface area contributed by atoms with Crippen LogP contribution >= 0.6 is 0 Å². The zero-order valence-corrected chi connectivity index (χ0v) is 13.9. The Bertz CT molecular complexity index is 848. The maximum atomic E-state index is 11.6. The van der Waals surface area contributed by atoms with E-state index in [-0.39, 0.29) is 6.61 Å². The number of carbonyl (C=O) groups is 1. The van der Waals surface area contributed by atoms with Gasteiger partial charge in [0, 0.05) is 24.2 Å². The smallest absolute Gasteiger partial charge is 0.344 e. The van der Waals surface area contributed by atoms with Gasteiger partial charge < -0.3 is 13.9 Å².